The maximum absolute atomic E-state index is 11.1. The molecule has 0 saturated heterocycles. The van der Waals surface area contributed by atoms with Gasteiger partial charge in [-0.3, -0.25) is 4.99 Å². The Hall–Kier alpha value is -3.17. The molecule has 2 saturated carbocycles. The molecule has 9 heteroatoms. The van der Waals surface area contributed by atoms with Gasteiger partial charge in [-0.1, -0.05) is 13.0 Å². The van der Waals surface area contributed by atoms with E-state index in [1.54, 1.807) is 0 Å². The maximum atomic E-state index is 11.1. The number of fused-ring (bicyclic) bond motifs is 4. The van der Waals surface area contributed by atoms with Crippen molar-refractivity contribution < 1.29 is 14.9 Å². The number of aliphatic hydroxyl groups excluding tert-OH is 2. The molecule has 5 atom stereocenters. The second-order valence-electron chi connectivity index (χ2n) is 11.7. The molecule has 2 aromatic heterocycles. The van der Waals surface area contributed by atoms with Crippen molar-refractivity contribution in [2.45, 2.75) is 70.1 Å². The van der Waals surface area contributed by atoms with Crippen molar-refractivity contribution in [3.05, 3.63) is 41.3 Å². The number of ether oxygens (including phenoxy) is 1. The largest absolute Gasteiger partial charge is 0.493 e. The van der Waals surface area contributed by atoms with E-state index in [4.69, 9.17) is 15.5 Å². The van der Waals surface area contributed by atoms with Crippen molar-refractivity contribution >= 4 is 28.4 Å². The van der Waals surface area contributed by atoms with Crippen LogP contribution >= 0.6 is 0 Å². The molecule has 3 aromatic rings. The number of aromatic nitrogens is 3. The van der Waals surface area contributed by atoms with Gasteiger partial charge in [-0.2, -0.15) is 0 Å². The van der Waals surface area contributed by atoms with E-state index in [-0.39, 0.29) is 12.0 Å². The lowest BCUT2D eigenvalue weighted by Gasteiger charge is -2.26. The maximum Gasteiger partial charge on any atom is 0.146 e. The molecule has 0 bridgehead atoms. The first kappa shape index (κ1) is 23.9. The zero-order valence-electron chi connectivity index (χ0n) is 21.8. The summed E-state index contributed by atoms with van der Waals surface area (Å²) in [6.07, 6.45) is 6.75. The summed E-state index contributed by atoms with van der Waals surface area (Å²) >= 11 is 0. The van der Waals surface area contributed by atoms with Gasteiger partial charge in [-0.15, -0.1) is 0 Å². The fraction of sp³-hybridized carbons (Fsp3) is 0.552. The lowest BCUT2D eigenvalue weighted by atomic mass is 9.94. The Morgan fingerprint density at radius 1 is 1.18 bits per heavy atom. The summed E-state index contributed by atoms with van der Waals surface area (Å²) in [4.78, 5) is 13.6. The number of aryl methyl sites for hydroxylation is 1. The highest BCUT2D eigenvalue weighted by Crippen LogP contribution is 2.43. The minimum atomic E-state index is -0.906. The molecule has 9 nitrogen and oxygen atoms in total. The van der Waals surface area contributed by atoms with E-state index in [1.807, 2.05) is 12.1 Å². The predicted molar refractivity (Wildman–Crippen MR) is 147 cm³/mol. The second-order valence-corrected chi connectivity index (χ2v) is 11.7. The zero-order chi connectivity index (χ0) is 26.0. The van der Waals surface area contributed by atoms with Gasteiger partial charge in [0.1, 0.15) is 35.5 Å². The normalized spacial score (nSPS) is 29.4. The minimum Gasteiger partial charge on any atom is -0.493 e. The molecule has 0 amide bonds. The Kier molecular flexibility index (Phi) is 5.81. The molecule has 0 radical (unpaired) electrons. The number of nitrogen functional groups attached to an aromatic ring is 1. The Morgan fingerprint density at radius 2 is 2.05 bits per heavy atom. The van der Waals surface area contributed by atoms with Crippen LogP contribution in [0.25, 0.3) is 11.0 Å². The standard InChI is InChI=1S/C29H36N6O3/c1-15-9-17-7-8-19(11-21(17)34-28(15)31-12-16-5-6-16)38-13-18-10-23(26(37)25(18)36)35-22-4-2-3-20(22)24-27(30)32-14-33-29(24)35/h7-8,11,14-16,18,23,25-26,36-37H,2-6,9-10,12-13H2,1H3,(H,31,34)(H2,30,32,33)/t15?,18-,23-,25-,26+/m1/s1. The number of amidine groups is 1. The van der Waals surface area contributed by atoms with Crippen LogP contribution in [0.15, 0.2) is 29.5 Å². The number of benzene rings is 1. The van der Waals surface area contributed by atoms with E-state index < -0.39 is 12.2 Å². The molecule has 1 unspecified atom stereocenters. The Balaban J connectivity index is 1.08. The van der Waals surface area contributed by atoms with Gasteiger partial charge in [0.15, 0.2) is 0 Å². The molecule has 4 aliphatic rings. The molecule has 3 heterocycles. The average Bonchev–Trinajstić information content (AvgIpc) is 3.43. The summed E-state index contributed by atoms with van der Waals surface area (Å²) in [6, 6.07) is 5.87. The predicted octanol–water partition coefficient (Wildman–Crippen LogP) is 3.28. The van der Waals surface area contributed by atoms with Crippen LogP contribution in [0.1, 0.15) is 55.5 Å². The minimum absolute atomic E-state index is 0.205. The van der Waals surface area contributed by atoms with Crippen molar-refractivity contribution in [3.8, 4) is 5.75 Å². The van der Waals surface area contributed by atoms with E-state index in [2.05, 4.69) is 32.8 Å². The summed E-state index contributed by atoms with van der Waals surface area (Å²) in [5.74, 6) is 3.24. The highest BCUT2D eigenvalue weighted by molar-refractivity contribution is 6.00. The molecule has 2 fully saturated rings. The third-order valence-corrected chi connectivity index (χ3v) is 8.99. The van der Waals surface area contributed by atoms with Gasteiger partial charge in [-0.05, 0) is 68.1 Å². The van der Waals surface area contributed by atoms with Crippen molar-refractivity contribution in [1.29, 1.82) is 0 Å². The van der Waals surface area contributed by atoms with Crippen LogP contribution in [-0.2, 0) is 19.3 Å². The molecule has 0 spiro atoms. The number of nitrogens with zero attached hydrogens (tertiary/aromatic N) is 4. The number of hydrogen-bond acceptors (Lipinski definition) is 7. The zero-order valence-corrected chi connectivity index (χ0v) is 21.8. The quantitative estimate of drug-likeness (QED) is 0.395. The van der Waals surface area contributed by atoms with E-state index in [0.29, 0.717) is 24.8 Å². The molecular formula is C29H36N6O3. The number of hydrogen-bond donors (Lipinski definition) is 4. The Bertz CT molecular complexity index is 1410. The smallest absolute Gasteiger partial charge is 0.146 e. The highest BCUT2D eigenvalue weighted by atomic mass is 16.5. The lowest BCUT2D eigenvalue weighted by molar-refractivity contribution is -0.00165. The van der Waals surface area contributed by atoms with Crippen LogP contribution in [0, 0.1) is 17.8 Å². The Morgan fingerprint density at radius 3 is 2.89 bits per heavy atom. The third kappa shape index (κ3) is 4.03. The van der Waals surface area contributed by atoms with E-state index in [9.17, 15) is 10.2 Å². The lowest BCUT2D eigenvalue weighted by Crippen LogP contribution is -2.31. The van der Waals surface area contributed by atoms with Crippen LogP contribution in [0.3, 0.4) is 0 Å². The molecule has 7 rings (SSSR count). The summed E-state index contributed by atoms with van der Waals surface area (Å²) < 4.78 is 8.33. The van der Waals surface area contributed by atoms with Crippen LogP contribution in [0.2, 0.25) is 0 Å². The van der Waals surface area contributed by atoms with Crippen molar-refractivity contribution in [3.63, 3.8) is 0 Å². The van der Waals surface area contributed by atoms with Gasteiger partial charge in [0.25, 0.3) is 0 Å². The van der Waals surface area contributed by atoms with Gasteiger partial charge in [-0.25, -0.2) is 9.97 Å². The summed E-state index contributed by atoms with van der Waals surface area (Å²) in [5.41, 5.74) is 11.7. The number of nitrogens with two attached hydrogens (primary N) is 1. The molecule has 38 heavy (non-hydrogen) atoms. The van der Waals surface area contributed by atoms with Gasteiger partial charge >= 0.3 is 0 Å². The number of aliphatic imine (C=N–C) groups is 1. The van der Waals surface area contributed by atoms with Crippen LogP contribution < -0.4 is 15.8 Å². The van der Waals surface area contributed by atoms with Crippen molar-refractivity contribution in [2.75, 3.05) is 24.2 Å². The van der Waals surface area contributed by atoms with Crippen molar-refractivity contribution in [2.24, 2.45) is 22.7 Å². The first-order valence-electron chi connectivity index (χ1n) is 14.0. The van der Waals surface area contributed by atoms with Crippen LogP contribution in [0.5, 0.6) is 5.75 Å². The second kappa shape index (κ2) is 9.24. The highest BCUT2D eigenvalue weighted by Gasteiger charge is 2.45. The van der Waals surface area contributed by atoms with E-state index >= 15 is 0 Å². The fourth-order valence-electron chi connectivity index (χ4n) is 6.68. The molecule has 1 aliphatic heterocycles. The molecule has 5 N–H and O–H groups in total. The fourth-order valence-corrected chi connectivity index (χ4v) is 6.68. The SMILES string of the molecule is CC1Cc2ccc(OC[C@H]3C[C@@H](n4c5c(c6c(N)ncnc64)CCC5)[C@H](O)[C@@H]3O)cc2NC1=NCC1CC1. The van der Waals surface area contributed by atoms with Crippen LogP contribution in [-0.4, -0.2) is 55.9 Å². The van der Waals surface area contributed by atoms with E-state index in [0.717, 1.165) is 66.5 Å². The first-order valence-corrected chi connectivity index (χ1v) is 14.0. The van der Waals surface area contributed by atoms with Crippen molar-refractivity contribution in [1.82, 2.24) is 14.5 Å². The van der Waals surface area contributed by atoms with E-state index in [1.165, 1.54) is 36.0 Å². The summed E-state index contributed by atoms with van der Waals surface area (Å²) in [7, 11) is 0. The molecule has 1 aromatic carbocycles. The first-order chi connectivity index (χ1) is 18.5. The van der Waals surface area contributed by atoms with Crippen LogP contribution in [0.4, 0.5) is 11.5 Å². The Labute approximate surface area is 222 Å². The third-order valence-electron chi connectivity index (χ3n) is 8.99. The average molecular weight is 517 g/mol. The number of anilines is 2. The topological polar surface area (TPSA) is 131 Å². The van der Waals surface area contributed by atoms with Gasteiger partial charge in [0.2, 0.25) is 0 Å². The number of aliphatic hydroxyl groups is 2. The molecule has 200 valence electrons. The monoisotopic (exact) mass is 516 g/mol. The summed E-state index contributed by atoms with van der Waals surface area (Å²) in [6.45, 7) is 3.46. The number of rotatable bonds is 6. The molecular weight excluding hydrogens is 480 g/mol. The van der Waals surface area contributed by atoms with Gasteiger partial charge in [0.05, 0.1) is 24.1 Å². The molecule has 3 aliphatic carbocycles. The summed E-state index contributed by atoms with van der Waals surface area (Å²) in [5, 5.41) is 26.6. The number of nitrogens with one attached hydrogen (secondary N) is 1. The van der Waals surface area contributed by atoms with Gasteiger partial charge < -0.3 is 30.6 Å². The van der Waals surface area contributed by atoms with Gasteiger partial charge in [0, 0.05) is 35.8 Å².